The van der Waals surface area contributed by atoms with E-state index in [4.69, 9.17) is 0 Å². The average Bonchev–Trinajstić information content (AvgIpc) is 2.26. The van der Waals surface area contributed by atoms with Gasteiger partial charge in [0.15, 0.2) is 0 Å². The third-order valence-corrected chi connectivity index (χ3v) is 4.94. The molecule has 0 aromatic carbocycles. The zero-order chi connectivity index (χ0) is 12.0. The molecule has 6 heteroatoms. The summed E-state index contributed by atoms with van der Waals surface area (Å²) < 4.78 is 24.1. The van der Waals surface area contributed by atoms with Gasteiger partial charge in [0.1, 0.15) is 0 Å². The molecule has 0 N–H and O–H groups in total. The molecule has 0 bridgehead atoms. The Hall–Kier alpha value is -0.590. The van der Waals surface area contributed by atoms with Crippen LogP contribution in [0.15, 0.2) is 29.4 Å². The van der Waals surface area contributed by atoms with Gasteiger partial charge in [-0.25, -0.2) is 17.7 Å². The third kappa shape index (κ3) is 4.51. The molecule has 90 valence electrons. The van der Waals surface area contributed by atoms with Crippen LogP contribution in [0.5, 0.6) is 0 Å². The van der Waals surface area contributed by atoms with E-state index in [1.165, 1.54) is 4.31 Å². The highest BCUT2D eigenvalue weighted by Crippen LogP contribution is 2.15. The monoisotopic (exact) mass is 260 g/mol. The first-order valence-electron chi connectivity index (χ1n) is 4.96. The highest BCUT2D eigenvalue weighted by molar-refractivity contribution is 7.99. The molecule has 1 heterocycles. The Labute approximate surface area is 101 Å². The number of aromatic nitrogens is 1. The SMILES string of the molecule is CN(C)S(=O)(=O)CCCSc1ccccn1. The topological polar surface area (TPSA) is 50.3 Å². The van der Waals surface area contributed by atoms with Gasteiger partial charge in [-0.2, -0.15) is 0 Å². The Morgan fingerprint density at radius 2 is 2.12 bits per heavy atom. The molecule has 0 spiro atoms. The largest absolute Gasteiger partial charge is 0.250 e. The van der Waals surface area contributed by atoms with E-state index in [-0.39, 0.29) is 5.75 Å². The van der Waals surface area contributed by atoms with E-state index in [0.29, 0.717) is 6.42 Å². The van der Waals surface area contributed by atoms with Gasteiger partial charge in [0.2, 0.25) is 10.0 Å². The summed E-state index contributed by atoms with van der Waals surface area (Å²) in [5, 5.41) is 0.935. The van der Waals surface area contributed by atoms with Gasteiger partial charge >= 0.3 is 0 Å². The second-order valence-electron chi connectivity index (χ2n) is 3.47. The van der Waals surface area contributed by atoms with Crippen LogP contribution in [0.4, 0.5) is 0 Å². The zero-order valence-corrected chi connectivity index (χ0v) is 11.1. The van der Waals surface area contributed by atoms with Crippen molar-refractivity contribution in [3.05, 3.63) is 24.4 Å². The van der Waals surface area contributed by atoms with Crippen molar-refractivity contribution in [3.63, 3.8) is 0 Å². The minimum absolute atomic E-state index is 0.194. The lowest BCUT2D eigenvalue weighted by atomic mass is 10.5. The van der Waals surface area contributed by atoms with Crippen LogP contribution >= 0.6 is 11.8 Å². The van der Waals surface area contributed by atoms with E-state index in [2.05, 4.69) is 4.98 Å². The number of hydrogen-bond acceptors (Lipinski definition) is 4. The minimum Gasteiger partial charge on any atom is -0.250 e. The number of rotatable bonds is 6. The summed E-state index contributed by atoms with van der Waals surface area (Å²) in [6, 6.07) is 5.71. The van der Waals surface area contributed by atoms with Crippen molar-refractivity contribution >= 4 is 21.8 Å². The van der Waals surface area contributed by atoms with Crippen LogP contribution in [0.25, 0.3) is 0 Å². The molecule has 0 fully saturated rings. The first-order chi connectivity index (χ1) is 7.52. The molecule has 0 radical (unpaired) electrons. The fraction of sp³-hybridized carbons (Fsp3) is 0.500. The van der Waals surface area contributed by atoms with Crippen molar-refractivity contribution in [3.8, 4) is 0 Å². The van der Waals surface area contributed by atoms with Crippen molar-refractivity contribution in [1.29, 1.82) is 0 Å². The lowest BCUT2D eigenvalue weighted by Crippen LogP contribution is -2.25. The van der Waals surface area contributed by atoms with Crippen LogP contribution in [0.3, 0.4) is 0 Å². The molecule has 0 aliphatic carbocycles. The molecule has 1 aromatic rings. The maximum absolute atomic E-state index is 11.4. The van der Waals surface area contributed by atoms with Gasteiger partial charge < -0.3 is 0 Å². The Kier molecular flexibility index (Phi) is 5.24. The van der Waals surface area contributed by atoms with Crippen molar-refractivity contribution in [2.24, 2.45) is 0 Å². The summed E-state index contributed by atoms with van der Waals surface area (Å²) >= 11 is 1.58. The van der Waals surface area contributed by atoms with E-state index in [9.17, 15) is 8.42 Å². The fourth-order valence-electron chi connectivity index (χ4n) is 1.03. The van der Waals surface area contributed by atoms with Crippen LogP contribution in [0.1, 0.15) is 6.42 Å². The lowest BCUT2D eigenvalue weighted by molar-refractivity contribution is 0.520. The van der Waals surface area contributed by atoms with Crippen LogP contribution in [0.2, 0.25) is 0 Å². The number of nitrogens with zero attached hydrogens (tertiary/aromatic N) is 2. The molecule has 0 atom stereocenters. The van der Waals surface area contributed by atoms with E-state index < -0.39 is 10.0 Å². The molecular weight excluding hydrogens is 244 g/mol. The maximum Gasteiger partial charge on any atom is 0.213 e. The molecule has 0 aliphatic rings. The van der Waals surface area contributed by atoms with Crippen molar-refractivity contribution < 1.29 is 8.42 Å². The normalized spacial score (nSPS) is 11.9. The van der Waals surface area contributed by atoms with Crippen molar-refractivity contribution in [1.82, 2.24) is 9.29 Å². The smallest absolute Gasteiger partial charge is 0.213 e. The van der Waals surface area contributed by atoms with Gasteiger partial charge in [-0.3, -0.25) is 0 Å². The van der Waals surface area contributed by atoms with Gasteiger partial charge in [0.25, 0.3) is 0 Å². The summed E-state index contributed by atoms with van der Waals surface area (Å²) in [5.41, 5.74) is 0. The van der Waals surface area contributed by atoms with Gasteiger partial charge in [0.05, 0.1) is 10.8 Å². The average molecular weight is 260 g/mol. The quantitative estimate of drug-likeness (QED) is 0.574. The standard InChI is InChI=1S/C10H16N2O2S2/c1-12(2)16(13,14)9-5-8-15-10-6-3-4-7-11-10/h3-4,6-7H,5,8-9H2,1-2H3. The van der Waals surface area contributed by atoms with Gasteiger partial charge in [0, 0.05) is 26.0 Å². The lowest BCUT2D eigenvalue weighted by Gasteiger charge is -2.10. The highest BCUT2D eigenvalue weighted by atomic mass is 32.2. The van der Waals surface area contributed by atoms with Crippen LogP contribution in [-0.4, -0.2) is 43.3 Å². The van der Waals surface area contributed by atoms with Gasteiger partial charge in [-0.05, 0) is 18.6 Å². The summed E-state index contributed by atoms with van der Waals surface area (Å²) in [4.78, 5) is 4.15. The summed E-state index contributed by atoms with van der Waals surface area (Å²) in [6.07, 6.45) is 2.38. The van der Waals surface area contributed by atoms with Crippen molar-refractivity contribution in [2.75, 3.05) is 25.6 Å². The molecule has 0 aliphatic heterocycles. The molecule has 4 nitrogen and oxygen atoms in total. The first-order valence-corrected chi connectivity index (χ1v) is 7.56. The number of pyridine rings is 1. The summed E-state index contributed by atoms with van der Waals surface area (Å²) in [7, 11) is 0.0605. The van der Waals surface area contributed by atoms with E-state index in [1.54, 1.807) is 32.1 Å². The second-order valence-corrected chi connectivity index (χ2v) is 6.89. The maximum atomic E-state index is 11.4. The van der Waals surface area contributed by atoms with Crippen LogP contribution in [0, 0.1) is 0 Å². The summed E-state index contributed by atoms with van der Waals surface area (Å²) in [6.45, 7) is 0. The van der Waals surface area contributed by atoms with Crippen LogP contribution in [-0.2, 0) is 10.0 Å². The minimum atomic E-state index is -3.05. The van der Waals surface area contributed by atoms with Gasteiger partial charge in [-0.1, -0.05) is 6.07 Å². The van der Waals surface area contributed by atoms with Crippen molar-refractivity contribution in [2.45, 2.75) is 11.4 Å². The number of sulfonamides is 1. The molecular formula is C10H16N2O2S2. The Balaban J connectivity index is 2.28. The van der Waals surface area contributed by atoms with Gasteiger partial charge in [-0.15, -0.1) is 11.8 Å². The predicted molar refractivity (Wildman–Crippen MR) is 67.1 cm³/mol. The number of hydrogen-bond donors (Lipinski definition) is 0. The summed E-state index contributed by atoms with van der Waals surface area (Å²) in [5.74, 6) is 0.962. The molecule has 0 saturated carbocycles. The third-order valence-electron chi connectivity index (χ3n) is 1.99. The molecule has 0 amide bonds. The molecule has 1 aromatic heterocycles. The van der Waals surface area contributed by atoms with Crippen LogP contribution < -0.4 is 0 Å². The fourth-order valence-corrected chi connectivity index (χ4v) is 2.90. The highest BCUT2D eigenvalue weighted by Gasteiger charge is 2.12. The molecule has 0 unspecified atom stereocenters. The first kappa shape index (κ1) is 13.5. The number of thioether (sulfide) groups is 1. The zero-order valence-electron chi connectivity index (χ0n) is 9.46. The van der Waals surface area contributed by atoms with E-state index >= 15 is 0 Å². The Morgan fingerprint density at radius 3 is 2.69 bits per heavy atom. The molecule has 16 heavy (non-hydrogen) atoms. The predicted octanol–water partition coefficient (Wildman–Crippen LogP) is 1.46. The molecule has 0 saturated heterocycles. The van der Waals surface area contributed by atoms with E-state index in [1.807, 2.05) is 18.2 Å². The second kappa shape index (κ2) is 6.22. The Bertz CT molecular complexity index is 404. The van der Waals surface area contributed by atoms with E-state index in [0.717, 1.165) is 10.8 Å². The molecule has 1 rings (SSSR count). The Morgan fingerprint density at radius 1 is 1.38 bits per heavy atom.